The Kier molecular flexibility index (Phi) is 6.42. The topological polar surface area (TPSA) is 97.9 Å². The lowest BCUT2D eigenvalue weighted by Crippen LogP contribution is -2.18. The molecule has 0 saturated carbocycles. The number of halogens is 1. The highest BCUT2D eigenvalue weighted by atomic mass is 35.5. The zero-order valence-corrected chi connectivity index (χ0v) is 20.0. The average molecular weight is 501 g/mol. The number of benzene rings is 3. The SMILES string of the molecule is COc1cccc2cc(C(=O)NN=Cc3cn(CC(=O)Nc4ccc(Cl)cc4)c4ccccc34)oc12. The van der Waals surface area contributed by atoms with Crippen molar-refractivity contribution >= 4 is 57.2 Å². The summed E-state index contributed by atoms with van der Waals surface area (Å²) in [5, 5.41) is 9.21. The number of anilines is 1. The first-order chi connectivity index (χ1) is 17.5. The van der Waals surface area contributed by atoms with Gasteiger partial charge in [0.2, 0.25) is 5.91 Å². The molecule has 0 saturated heterocycles. The van der Waals surface area contributed by atoms with E-state index in [-0.39, 0.29) is 18.2 Å². The standard InChI is InChI=1S/C27H21ClN4O4/c1-35-23-8-4-5-17-13-24(36-26(17)23)27(34)31-29-14-18-15-32(22-7-3-2-6-21(18)22)16-25(33)30-20-11-9-19(28)10-12-20/h2-15H,16H2,1H3,(H,30,33)(H,31,34). The molecule has 0 aliphatic heterocycles. The van der Waals surface area contributed by atoms with Gasteiger partial charge in [0.1, 0.15) is 6.54 Å². The van der Waals surface area contributed by atoms with Gasteiger partial charge >= 0.3 is 5.91 Å². The molecule has 0 unspecified atom stereocenters. The summed E-state index contributed by atoms with van der Waals surface area (Å²) in [6, 6.07) is 21.6. The maximum absolute atomic E-state index is 12.6. The highest BCUT2D eigenvalue weighted by Gasteiger charge is 2.15. The van der Waals surface area contributed by atoms with Gasteiger partial charge in [-0.05, 0) is 42.5 Å². The Labute approximate surface area is 211 Å². The molecule has 8 nitrogen and oxygen atoms in total. The van der Waals surface area contributed by atoms with Crippen LogP contribution in [0.4, 0.5) is 5.69 Å². The van der Waals surface area contributed by atoms with E-state index in [9.17, 15) is 9.59 Å². The minimum Gasteiger partial charge on any atom is -0.493 e. The fourth-order valence-electron chi connectivity index (χ4n) is 3.92. The minimum absolute atomic E-state index is 0.101. The molecule has 0 radical (unpaired) electrons. The van der Waals surface area contributed by atoms with Gasteiger partial charge in [0.25, 0.3) is 0 Å². The van der Waals surface area contributed by atoms with Gasteiger partial charge in [0.05, 0.1) is 13.3 Å². The van der Waals surface area contributed by atoms with Crippen LogP contribution in [0.3, 0.4) is 0 Å². The van der Waals surface area contributed by atoms with Crippen molar-refractivity contribution in [1.29, 1.82) is 0 Å². The molecule has 0 fully saturated rings. The number of nitrogens with one attached hydrogen (secondary N) is 2. The van der Waals surface area contributed by atoms with Crippen LogP contribution < -0.4 is 15.5 Å². The molecule has 36 heavy (non-hydrogen) atoms. The molecule has 0 bridgehead atoms. The number of methoxy groups -OCH3 is 1. The average Bonchev–Trinajstić information content (AvgIpc) is 3.47. The van der Waals surface area contributed by atoms with Crippen LogP contribution in [-0.2, 0) is 11.3 Å². The Morgan fingerprint density at radius 3 is 2.69 bits per heavy atom. The van der Waals surface area contributed by atoms with Gasteiger partial charge in [0.15, 0.2) is 17.1 Å². The molecule has 3 aromatic carbocycles. The molecule has 5 aromatic rings. The van der Waals surface area contributed by atoms with Crippen molar-refractivity contribution in [1.82, 2.24) is 9.99 Å². The third-order valence-electron chi connectivity index (χ3n) is 5.58. The van der Waals surface area contributed by atoms with E-state index in [1.54, 1.807) is 43.5 Å². The number of ether oxygens (including phenoxy) is 1. The second-order valence-electron chi connectivity index (χ2n) is 7.97. The number of hydrogen-bond donors (Lipinski definition) is 2. The zero-order valence-electron chi connectivity index (χ0n) is 19.2. The summed E-state index contributed by atoms with van der Waals surface area (Å²) in [4.78, 5) is 25.2. The van der Waals surface area contributed by atoms with Gasteiger partial charge in [-0.25, -0.2) is 5.43 Å². The predicted molar refractivity (Wildman–Crippen MR) is 140 cm³/mol. The van der Waals surface area contributed by atoms with Crippen molar-refractivity contribution in [2.24, 2.45) is 5.10 Å². The van der Waals surface area contributed by atoms with Gasteiger partial charge in [0, 0.05) is 38.8 Å². The lowest BCUT2D eigenvalue weighted by molar-refractivity contribution is -0.116. The van der Waals surface area contributed by atoms with Crippen molar-refractivity contribution in [2.75, 3.05) is 12.4 Å². The smallest absolute Gasteiger partial charge is 0.307 e. The zero-order chi connectivity index (χ0) is 25.1. The van der Waals surface area contributed by atoms with Crippen LogP contribution in [0.2, 0.25) is 5.02 Å². The largest absolute Gasteiger partial charge is 0.493 e. The number of nitrogens with zero attached hydrogens (tertiary/aromatic N) is 2. The summed E-state index contributed by atoms with van der Waals surface area (Å²) in [6.07, 6.45) is 3.35. The molecular formula is C27H21ClN4O4. The number of aromatic nitrogens is 1. The Morgan fingerprint density at radius 1 is 1.08 bits per heavy atom. The van der Waals surface area contributed by atoms with E-state index in [1.165, 1.54) is 6.21 Å². The van der Waals surface area contributed by atoms with E-state index in [0.717, 1.165) is 21.9 Å². The number of carbonyl (C=O) groups excluding carboxylic acids is 2. The summed E-state index contributed by atoms with van der Waals surface area (Å²) >= 11 is 5.91. The lowest BCUT2D eigenvalue weighted by atomic mass is 10.2. The molecule has 2 amide bonds. The third kappa shape index (κ3) is 4.80. The molecular weight excluding hydrogens is 480 g/mol. The van der Waals surface area contributed by atoms with Crippen molar-refractivity contribution in [2.45, 2.75) is 6.54 Å². The summed E-state index contributed by atoms with van der Waals surface area (Å²) in [7, 11) is 1.54. The molecule has 0 atom stereocenters. The molecule has 9 heteroatoms. The van der Waals surface area contributed by atoms with Crippen LogP contribution in [0.25, 0.3) is 21.9 Å². The van der Waals surface area contributed by atoms with Crippen molar-refractivity contribution in [3.63, 3.8) is 0 Å². The quantitative estimate of drug-likeness (QED) is 0.229. The minimum atomic E-state index is -0.490. The number of furan rings is 1. The highest BCUT2D eigenvalue weighted by Crippen LogP contribution is 2.28. The van der Waals surface area contributed by atoms with Gasteiger partial charge < -0.3 is 19.0 Å². The summed E-state index contributed by atoms with van der Waals surface area (Å²) in [5.74, 6) is -0.0123. The van der Waals surface area contributed by atoms with E-state index >= 15 is 0 Å². The summed E-state index contributed by atoms with van der Waals surface area (Å²) < 4.78 is 12.8. The van der Waals surface area contributed by atoms with Crippen LogP contribution in [0.5, 0.6) is 5.75 Å². The molecule has 0 aliphatic carbocycles. The first-order valence-corrected chi connectivity index (χ1v) is 11.4. The van der Waals surface area contributed by atoms with Crippen LogP contribution >= 0.6 is 11.6 Å². The van der Waals surface area contributed by atoms with Crippen molar-refractivity contribution in [3.8, 4) is 5.75 Å². The van der Waals surface area contributed by atoms with Crippen LogP contribution in [0.1, 0.15) is 16.1 Å². The maximum Gasteiger partial charge on any atom is 0.307 e. The second-order valence-corrected chi connectivity index (χ2v) is 8.41. The molecule has 2 heterocycles. The fraction of sp³-hybridized carbons (Fsp3) is 0.0741. The fourth-order valence-corrected chi connectivity index (χ4v) is 4.05. The normalized spacial score (nSPS) is 11.3. The molecule has 5 rings (SSSR count). The van der Waals surface area contributed by atoms with Crippen molar-refractivity contribution < 1.29 is 18.7 Å². The van der Waals surface area contributed by atoms with E-state index < -0.39 is 5.91 Å². The number of para-hydroxylation sites is 2. The van der Waals surface area contributed by atoms with Gasteiger partial charge in [-0.2, -0.15) is 5.10 Å². The number of hydrogen-bond acceptors (Lipinski definition) is 5. The number of fused-ring (bicyclic) bond motifs is 2. The van der Waals surface area contributed by atoms with Gasteiger partial charge in [-0.1, -0.05) is 41.9 Å². The monoisotopic (exact) mass is 500 g/mol. The molecule has 2 N–H and O–H groups in total. The molecule has 0 aliphatic rings. The van der Waals surface area contributed by atoms with Gasteiger partial charge in [-0.15, -0.1) is 0 Å². The predicted octanol–water partition coefficient (Wildman–Crippen LogP) is 5.45. The Balaban J connectivity index is 1.31. The Bertz CT molecular complexity index is 1600. The Morgan fingerprint density at radius 2 is 1.89 bits per heavy atom. The first kappa shape index (κ1) is 23.2. The lowest BCUT2D eigenvalue weighted by Gasteiger charge is -2.07. The van der Waals surface area contributed by atoms with Crippen LogP contribution in [-0.4, -0.2) is 29.7 Å². The number of amides is 2. The molecule has 180 valence electrons. The number of hydrazone groups is 1. The van der Waals surface area contributed by atoms with E-state index in [1.807, 2.05) is 47.2 Å². The Hall–Kier alpha value is -4.56. The number of rotatable bonds is 7. The second kappa shape index (κ2) is 9.97. The summed E-state index contributed by atoms with van der Waals surface area (Å²) in [6.45, 7) is 0.101. The molecule has 0 spiro atoms. The van der Waals surface area contributed by atoms with E-state index in [0.29, 0.717) is 22.0 Å². The number of carbonyl (C=O) groups is 2. The van der Waals surface area contributed by atoms with Crippen molar-refractivity contribution in [3.05, 3.63) is 95.3 Å². The highest BCUT2D eigenvalue weighted by molar-refractivity contribution is 6.30. The molecule has 2 aromatic heterocycles. The third-order valence-corrected chi connectivity index (χ3v) is 5.83. The van der Waals surface area contributed by atoms with Crippen LogP contribution in [0, 0.1) is 0 Å². The first-order valence-electron chi connectivity index (χ1n) is 11.0. The maximum atomic E-state index is 12.6. The summed E-state index contributed by atoms with van der Waals surface area (Å²) in [5.41, 5.74) is 5.26. The van der Waals surface area contributed by atoms with Gasteiger partial charge in [-0.3, -0.25) is 9.59 Å². The van der Waals surface area contributed by atoms with E-state index in [2.05, 4.69) is 15.8 Å². The van der Waals surface area contributed by atoms with Crippen LogP contribution in [0.15, 0.2) is 88.5 Å². The van der Waals surface area contributed by atoms with E-state index in [4.69, 9.17) is 20.8 Å².